The SMILES string of the molecule is CSc1noc(C)c1-c1ccnc(Nc2ccc(C#N)cc2)c1. The molecule has 0 aliphatic heterocycles. The molecule has 0 aliphatic rings. The molecule has 0 unspecified atom stereocenters. The highest BCUT2D eigenvalue weighted by Gasteiger charge is 2.14. The Morgan fingerprint density at radius 2 is 2.00 bits per heavy atom. The van der Waals surface area contributed by atoms with E-state index >= 15 is 0 Å². The second kappa shape index (κ2) is 6.55. The molecule has 1 aromatic carbocycles. The lowest BCUT2D eigenvalue weighted by Gasteiger charge is -2.07. The number of hydrogen-bond acceptors (Lipinski definition) is 6. The first-order valence-electron chi connectivity index (χ1n) is 6.95. The molecule has 0 saturated heterocycles. The van der Waals surface area contributed by atoms with Crippen molar-refractivity contribution in [3.63, 3.8) is 0 Å². The van der Waals surface area contributed by atoms with Crippen LogP contribution in [0.5, 0.6) is 0 Å². The monoisotopic (exact) mass is 322 g/mol. The number of nitrogens with one attached hydrogen (secondary N) is 1. The summed E-state index contributed by atoms with van der Waals surface area (Å²) in [5.41, 5.74) is 3.49. The van der Waals surface area contributed by atoms with Gasteiger partial charge in [-0.15, -0.1) is 11.8 Å². The van der Waals surface area contributed by atoms with Crippen molar-refractivity contribution in [2.75, 3.05) is 11.6 Å². The Hall–Kier alpha value is -2.78. The standard InChI is InChI=1S/C17H14N4OS/c1-11-16(17(23-2)21-22-11)13-7-8-19-15(9-13)20-14-5-3-12(10-18)4-6-14/h3-9H,1-2H3,(H,19,20). The van der Waals surface area contributed by atoms with E-state index in [-0.39, 0.29) is 0 Å². The second-order valence-electron chi connectivity index (χ2n) is 4.87. The molecule has 2 aromatic heterocycles. The predicted molar refractivity (Wildman–Crippen MR) is 90.7 cm³/mol. The maximum Gasteiger partial charge on any atom is 0.147 e. The molecule has 6 heteroatoms. The lowest BCUT2D eigenvalue weighted by Crippen LogP contribution is -1.94. The summed E-state index contributed by atoms with van der Waals surface area (Å²) in [6, 6.07) is 13.2. The highest BCUT2D eigenvalue weighted by molar-refractivity contribution is 7.98. The zero-order valence-corrected chi connectivity index (χ0v) is 13.5. The zero-order valence-electron chi connectivity index (χ0n) is 12.7. The zero-order chi connectivity index (χ0) is 16.2. The Balaban J connectivity index is 1.90. The molecule has 0 spiro atoms. The van der Waals surface area contributed by atoms with E-state index in [4.69, 9.17) is 9.78 Å². The third-order valence-electron chi connectivity index (χ3n) is 3.36. The molecule has 3 rings (SSSR count). The first kappa shape index (κ1) is 15.1. The fraction of sp³-hybridized carbons (Fsp3) is 0.118. The van der Waals surface area contributed by atoms with Gasteiger partial charge in [0.1, 0.15) is 16.6 Å². The molecule has 0 bridgehead atoms. The van der Waals surface area contributed by atoms with Gasteiger partial charge in [-0.3, -0.25) is 0 Å². The summed E-state index contributed by atoms with van der Waals surface area (Å²) in [5.74, 6) is 1.50. The van der Waals surface area contributed by atoms with Crippen LogP contribution >= 0.6 is 11.8 Å². The summed E-state index contributed by atoms with van der Waals surface area (Å²) >= 11 is 1.55. The van der Waals surface area contributed by atoms with E-state index < -0.39 is 0 Å². The average Bonchev–Trinajstić information content (AvgIpc) is 2.96. The number of rotatable bonds is 4. The number of hydrogen-bond donors (Lipinski definition) is 1. The van der Waals surface area contributed by atoms with Crippen LogP contribution in [0.4, 0.5) is 11.5 Å². The Labute approximate surface area is 138 Å². The number of thioether (sulfide) groups is 1. The van der Waals surface area contributed by atoms with Gasteiger partial charge in [-0.2, -0.15) is 5.26 Å². The third-order valence-corrected chi connectivity index (χ3v) is 4.03. The van der Waals surface area contributed by atoms with Crippen molar-refractivity contribution in [3.05, 3.63) is 53.9 Å². The smallest absolute Gasteiger partial charge is 0.147 e. The van der Waals surface area contributed by atoms with Crippen molar-refractivity contribution >= 4 is 23.3 Å². The highest BCUT2D eigenvalue weighted by atomic mass is 32.2. The molecule has 0 saturated carbocycles. The van der Waals surface area contributed by atoms with Crippen LogP contribution in [0.2, 0.25) is 0 Å². The topological polar surface area (TPSA) is 74.7 Å². The molecular formula is C17H14N4OS. The predicted octanol–water partition coefficient (Wildman–Crippen LogP) is 4.38. The summed E-state index contributed by atoms with van der Waals surface area (Å²) in [6.07, 6.45) is 3.72. The molecule has 2 heterocycles. The molecule has 0 radical (unpaired) electrons. The maximum absolute atomic E-state index is 8.84. The van der Waals surface area contributed by atoms with E-state index in [0.29, 0.717) is 5.56 Å². The quantitative estimate of drug-likeness (QED) is 0.718. The van der Waals surface area contributed by atoms with Crippen molar-refractivity contribution in [2.45, 2.75) is 11.9 Å². The van der Waals surface area contributed by atoms with E-state index in [9.17, 15) is 0 Å². The molecule has 0 fully saturated rings. The van der Waals surface area contributed by atoms with Gasteiger partial charge >= 0.3 is 0 Å². The van der Waals surface area contributed by atoms with Gasteiger partial charge in [0.2, 0.25) is 0 Å². The molecule has 1 N–H and O–H groups in total. The summed E-state index contributed by atoms with van der Waals surface area (Å²) in [6.45, 7) is 1.90. The third kappa shape index (κ3) is 3.20. The van der Waals surface area contributed by atoms with E-state index in [0.717, 1.165) is 33.4 Å². The molecule has 114 valence electrons. The number of anilines is 2. The summed E-state index contributed by atoms with van der Waals surface area (Å²) in [7, 11) is 0. The van der Waals surface area contributed by atoms with Gasteiger partial charge in [-0.1, -0.05) is 5.16 Å². The van der Waals surface area contributed by atoms with Crippen LogP contribution < -0.4 is 5.32 Å². The van der Waals surface area contributed by atoms with E-state index in [1.165, 1.54) is 0 Å². The molecule has 0 aliphatic carbocycles. The van der Waals surface area contributed by atoms with Crippen LogP contribution in [0.15, 0.2) is 52.1 Å². The van der Waals surface area contributed by atoms with Crippen molar-refractivity contribution in [3.8, 4) is 17.2 Å². The normalized spacial score (nSPS) is 10.3. The van der Waals surface area contributed by atoms with Gasteiger partial charge in [0.15, 0.2) is 0 Å². The lowest BCUT2D eigenvalue weighted by atomic mass is 10.1. The summed E-state index contributed by atoms with van der Waals surface area (Å²) in [5, 5.41) is 17.0. The van der Waals surface area contributed by atoms with Crippen LogP contribution in [0.1, 0.15) is 11.3 Å². The average molecular weight is 322 g/mol. The van der Waals surface area contributed by atoms with Crippen LogP contribution in [0.25, 0.3) is 11.1 Å². The largest absolute Gasteiger partial charge is 0.360 e. The fourth-order valence-corrected chi connectivity index (χ4v) is 2.83. The van der Waals surface area contributed by atoms with Crippen molar-refractivity contribution in [2.24, 2.45) is 0 Å². The molecular weight excluding hydrogens is 308 g/mol. The Bertz CT molecular complexity index is 865. The number of benzene rings is 1. The second-order valence-corrected chi connectivity index (χ2v) is 5.66. The van der Waals surface area contributed by atoms with Gasteiger partial charge in [0.25, 0.3) is 0 Å². The molecule has 5 nitrogen and oxygen atoms in total. The van der Waals surface area contributed by atoms with Gasteiger partial charge in [-0.25, -0.2) is 4.98 Å². The fourth-order valence-electron chi connectivity index (χ4n) is 2.25. The Morgan fingerprint density at radius 3 is 2.70 bits per heavy atom. The van der Waals surface area contributed by atoms with E-state index in [1.807, 2.05) is 37.4 Å². The number of aryl methyl sites for hydroxylation is 1. The lowest BCUT2D eigenvalue weighted by molar-refractivity contribution is 0.384. The van der Waals surface area contributed by atoms with Crippen LogP contribution in [0.3, 0.4) is 0 Å². The van der Waals surface area contributed by atoms with Crippen molar-refractivity contribution < 1.29 is 4.52 Å². The first-order valence-corrected chi connectivity index (χ1v) is 8.17. The van der Waals surface area contributed by atoms with Gasteiger partial charge < -0.3 is 9.84 Å². The molecule has 0 amide bonds. The van der Waals surface area contributed by atoms with Crippen LogP contribution in [0, 0.1) is 18.3 Å². The van der Waals surface area contributed by atoms with E-state index in [2.05, 4.69) is 21.5 Å². The Kier molecular flexibility index (Phi) is 4.31. The minimum Gasteiger partial charge on any atom is -0.360 e. The van der Waals surface area contributed by atoms with Gasteiger partial charge in [-0.05, 0) is 55.1 Å². The molecule has 3 aromatic rings. The molecule has 23 heavy (non-hydrogen) atoms. The van der Waals surface area contributed by atoms with Gasteiger partial charge in [0, 0.05) is 11.9 Å². The highest BCUT2D eigenvalue weighted by Crippen LogP contribution is 2.33. The maximum atomic E-state index is 8.84. The minimum atomic E-state index is 0.627. The minimum absolute atomic E-state index is 0.627. The van der Waals surface area contributed by atoms with Crippen LogP contribution in [-0.2, 0) is 0 Å². The first-order chi connectivity index (χ1) is 11.2. The van der Waals surface area contributed by atoms with Crippen LogP contribution in [-0.4, -0.2) is 16.4 Å². The number of aromatic nitrogens is 2. The number of nitrogens with zero attached hydrogens (tertiary/aromatic N) is 3. The Morgan fingerprint density at radius 1 is 1.22 bits per heavy atom. The number of nitriles is 1. The summed E-state index contributed by atoms with van der Waals surface area (Å²) in [4.78, 5) is 4.34. The molecule has 0 atom stereocenters. The summed E-state index contributed by atoms with van der Waals surface area (Å²) < 4.78 is 5.28. The van der Waals surface area contributed by atoms with Gasteiger partial charge in [0.05, 0.1) is 17.2 Å². The van der Waals surface area contributed by atoms with Crippen molar-refractivity contribution in [1.29, 1.82) is 5.26 Å². The van der Waals surface area contributed by atoms with E-state index in [1.54, 1.807) is 30.1 Å². The number of pyridine rings is 1. The van der Waals surface area contributed by atoms with Crippen molar-refractivity contribution in [1.82, 2.24) is 10.1 Å².